The van der Waals surface area contributed by atoms with Crippen LogP contribution in [0.4, 0.5) is 0 Å². The van der Waals surface area contributed by atoms with Gasteiger partial charge in [-0.2, -0.15) is 0 Å². The molecule has 1 N–H and O–H groups in total. The van der Waals surface area contributed by atoms with Crippen molar-refractivity contribution in [2.24, 2.45) is 5.92 Å². The summed E-state index contributed by atoms with van der Waals surface area (Å²) in [6, 6.07) is 4.00. The fourth-order valence-corrected chi connectivity index (χ4v) is 3.71. The fraction of sp³-hybridized carbons (Fsp3) is 0.500. The normalized spacial score (nSPS) is 17.8. The van der Waals surface area contributed by atoms with Gasteiger partial charge < -0.3 is 10.0 Å². The molecule has 1 atom stereocenters. The molecule has 1 amide bonds. The molecule has 0 bridgehead atoms. The molecule has 3 heterocycles. The predicted octanol–water partition coefficient (Wildman–Crippen LogP) is 2.10. The van der Waals surface area contributed by atoms with Gasteiger partial charge in [0.05, 0.1) is 12.7 Å². The van der Waals surface area contributed by atoms with Crippen LogP contribution in [0.25, 0.3) is 0 Å². The highest BCUT2D eigenvalue weighted by atomic mass is 32.1. The molecule has 1 aliphatic heterocycles. The molecule has 1 saturated heterocycles. The molecular formula is C16H20N4O3S. The molecule has 0 aliphatic carbocycles. The third kappa shape index (κ3) is 4.19. The minimum absolute atomic E-state index is 0.118. The van der Waals surface area contributed by atoms with Crippen molar-refractivity contribution in [1.29, 1.82) is 0 Å². The summed E-state index contributed by atoms with van der Waals surface area (Å²) in [5, 5.41) is 18.8. The van der Waals surface area contributed by atoms with Gasteiger partial charge in [-0.15, -0.1) is 16.4 Å². The summed E-state index contributed by atoms with van der Waals surface area (Å²) in [5.74, 6) is -0.651. The van der Waals surface area contributed by atoms with Gasteiger partial charge in [0.2, 0.25) is 0 Å². The average molecular weight is 348 g/mol. The van der Waals surface area contributed by atoms with E-state index in [-0.39, 0.29) is 18.2 Å². The first kappa shape index (κ1) is 16.6. The molecule has 128 valence electrons. The monoisotopic (exact) mass is 348 g/mol. The Morgan fingerprint density at radius 2 is 2.29 bits per heavy atom. The highest BCUT2D eigenvalue weighted by Crippen LogP contribution is 2.22. The second-order valence-electron chi connectivity index (χ2n) is 6.07. The molecule has 3 rings (SSSR count). The van der Waals surface area contributed by atoms with Crippen molar-refractivity contribution < 1.29 is 14.7 Å². The van der Waals surface area contributed by atoms with Gasteiger partial charge in [-0.3, -0.25) is 9.59 Å². The van der Waals surface area contributed by atoms with E-state index in [0.29, 0.717) is 31.7 Å². The number of carboxylic acid groups (broad SMARTS) is 1. The maximum atomic E-state index is 12.6. The van der Waals surface area contributed by atoms with Gasteiger partial charge in [0.25, 0.3) is 5.91 Å². The number of carboxylic acids is 1. The molecule has 7 nitrogen and oxygen atoms in total. The summed E-state index contributed by atoms with van der Waals surface area (Å²) in [7, 11) is 0. The molecule has 1 unspecified atom stereocenters. The highest BCUT2D eigenvalue weighted by molar-refractivity contribution is 7.09. The quantitative estimate of drug-likeness (QED) is 0.864. The summed E-state index contributed by atoms with van der Waals surface area (Å²) in [4.78, 5) is 26.2. The lowest BCUT2D eigenvalue weighted by atomic mass is 9.93. The van der Waals surface area contributed by atoms with Crippen molar-refractivity contribution in [2.45, 2.75) is 32.2 Å². The van der Waals surface area contributed by atoms with Crippen molar-refractivity contribution in [3.05, 3.63) is 34.3 Å². The molecular weight excluding hydrogens is 328 g/mol. The zero-order valence-electron chi connectivity index (χ0n) is 13.3. The van der Waals surface area contributed by atoms with E-state index in [2.05, 4.69) is 10.3 Å². The molecule has 2 aromatic rings. The molecule has 0 aromatic carbocycles. The second kappa shape index (κ2) is 7.57. The summed E-state index contributed by atoms with van der Waals surface area (Å²) < 4.78 is 1.67. The number of amides is 1. The van der Waals surface area contributed by atoms with Gasteiger partial charge in [0.1, 0.15) is 0 Å². The van der Waals surface area contributed by atoms with Gasteiger partial charge in [0, 0.05) is 24.4 Å². The number of piperidine rings is 1. The molecule has 0 saturated carbocycles. The minimum atomic E-state index is -0.782. The van der Waals surface area contributed by atoms with E-state index in [1.54, 1.807) is 27.1 Å². The molecule has 2 aromatic heterocycles. The smallest absolute Gasteiger partial charge is 0.303 e. The molecule has 8 heteroatoms. The Bertz CT molecular complexity index is 698. The first-order valence-electron chi connectivity index (χ1n) is 8.05. The van der Waals surface area contributed by atoms with E-state index >= 15 is 0 Å². The lowest BCUT2D eigenvalue weighted by Crippen LogP contribution is -2.40. The summed E-state index contributed by atoms with van der Waals surface area (Å²) in [5.41, 5.74) is 0.352. The number of carbonyl (C=O) groups excluding carboxylic acids is 1. The van der Waals surface area contributed by atoms with E-state index in [1.165, 1.54) is 0 Å². The standard InChI is InChI=1S/C16H20N4O3S/c21-15(22)6-5-12-3-1-7-19(9-12)16(23)14-11-20(18-17-14)10-13-4-2-8-24-13/h2,4,8,11-12H,1,3,5-7,9-10H2,(H,21,22). The van der Waals surface area contributed by atoms with Crippen molar-refractivity contribution in [2.75, 3.05) is 13.1 Å². The molecule has 24 heavy (non-hydrogen) atoms. The van der Waals surface area contributed by atoms with Gasteiger partial charge in [0.15, 0.2) is 5.69 Å². The van der Waals surface area contributed by atoms with Crippen LogP contribution in [0.15, 0.2) is 23.7 Å². The van der Waals surface area contributed by atoms with Crippen molar-refractivity contribution in [1.82, 2.24) is 19.9 Å². The van der Waals surface area contributed by atoms with Crippen LogP contribution >= 0.6 is 11.3 Å². The summed E-state index contributed by atoms with van der Waals surface area (Å²) in [6.07, 6.45) is 4.33. The van der Waals surface area contributed by atoms with Gasteiger partial charge in [-0.05, 0) is 36.6 Å². The zero-order chi connectivity index (χ0) is 16.9. The number of hydrogen-bond donors (Lipinski definition) is 1. The Morgan fingerprint density at radius 1 is 1.42 bits per heavy atom. The number of rotatable bonds is 6. The number of likely N-dealkylation sites (tertiary alicyclic amines) is 1. The lowest BCUT2D eigenvalue weighted by molar-refractivity contribution is -0.137. The molecule has 0 spiro atoms. The summed E-state index contributed by atoms with van der Waals surface area (Å²) >= 11 is 1.64. The second-order valence-corrected chi connectivity index (χ2v) is 7.10. The van der Waals surface area contributed by atoms with E-state index in [0.717, 1.165) is 17.7 Å². The van der Waals surface area contributed by atoms with Crippen molar-refractivity contribution in [3.8, 4) is 0 Å². The maximum absolute atomic E-state index is 12.6. The molecule has 0 radical (unpaired) electrons. The summed E-state index contributed by atoms with van der Waals surface area (Å²) in [6.45, 7) is 1.91. The van der Waals surface area contributed by atoms with Crippen LogP contribution in [0.3, 0.4) is 0 Å². The Labute approximate surface area is 143 Å². The number of hydrogen-bond acceptors (Lipinski definition) is 5. The SMILES string of the molecule is O=C(O)CCC1CCCN(C(=O)c2cn(Cc3cccs3)nn2)C1. The van der Waals surface area contributed by atoms with Crippen LogP contribution < -0.4 is 0 Å². The van der Waals surface area contributed by atoms with E-state index in [9.17, 15) is 9.59 Å². The largest absolute Gasteiger partial charge is 0.481 e. The Morgan fingerprint density at radius 3 is 3.04 bits per heavy atom. The van der Waals surface area contributed by atoms with E-state index in [1.807, 2.05) is 17.5 Å². The van der Waals surface area contributed by atoms with Crippen LogP contribution in [-0.2, 0) is 11.3 Å². The Hall–Kier alpha value is -2.22. The number of carbonyl (C=O) groups is 2. The van der Waals surface area contributed by atoms with Gasteiger partial charge >= 0.3 is 5.97 Å². The number of aromatic nitrogens is 3. The highest BCUT2D eigenvalue weighted by Gasteiger charge is 2.26. The topological polar surface area (TPSA) is 88.3 Å². The minimum Gasteiger partial charge on any atom is -0.481 e. The van der Waals surface area contributed by atoms with E-state index < -0.39 is 5.97 Å². The Kier molecular flexibility index (Phi) is 5.24. The third-order valence-electron chi connectivity index (χ3n) is 4.23. The maximum Gasteiger partial charge on any atom is 0.303 e. The van der Waals surface area contributed by atoms with Gasteiger partial charge in [-0.1, -0.05) is 11.3 Å². The number of nitrogens with zero attached hydrogens (tertiary/aromatic N) is 4. The first-order chi connectivity index (χ1) is 11.6. The average Bonchev–Trinajstić information content (AvgIpc) is 3.25. The molecule has 1 fully saturated rings. The van der Waals surface area contributed by atoms with Crippen molar-refractivity contribution in [3.63, 3.8) is 0 Å². The van der Waals surface area contributed by atoms with E-state index in [4.69, 9.17) is 5.11 Å². The van der Waals surface area contributed by atoms with Crippen LogP contribution in [0.2, 0.25) is 0 Å². The molecule has 1 aliphatic rings. The van der Waals surface area contributed by atoms with Crippen LogP contribution in [0.5, 0.6) is 0 Å². The lowest BCUT2D eigenvalue weighted by Gasteiger charge is -2.32. The van der Waals surface area contributed by atoms with Crippen LogP contribution in [0.1, 0.15) is 41.0 Å². The first-order valence-corrected chi connectivity index (χ1v) is 8.93. The number of thiophene rings is 1. The van der Waals surface area contributed by atoms with Crippen LogP contribution in [0, 0.1) is 5.92 Å². The Balaban J connectivity index is 1.59. The fourth-order valence-electron chi connectivity index (χ4n) is 3.01. The predicted molar refractivity (Wildman–Crippen MR) is 88.9 cm³/mol. The van der Waals surface area contributed by atoms with Crippen LogP contribution in [-0.4, -0.2) is 50.0 Å². The van der Waals surface area contributed by atoms with Crippen molar-refractivity contribution >= 4 is 23.2 Å². The zero-order valence-corrected chi connectivity index (χ0v) is 14.1. The number of aliphatic carboxylic acids is 1. The third-order valence-corrected chi connectivity index (χ3v) is 5.09. The van der Waals surface area contributed by atoms with Gasteiger partial charge in [-0.25, -0.2) is 4.68 Å².